The molecule has 148 valence electrons. The molecule has 0 fully saturated rings. The van der Waals surface area contributed by atoms with Crippen LogP contribution in [0.3, 0.4) is 0 Å². The summed E-state index contributed by atoms with van der Waals surface area (Å²) in [5.41, 5.74) is 7.64. The summed E-state index contributed by atoms with van der Waals surface area (Å²) in [7, 11) is 0. The molecule has 28 heavy (non-hydrogen) atoms. The number of nitrogens with one attached hydrogen (secondary N) is 1. The maximum Gasteiger partial charge on any atom is 0.341 e. The van der Waals surface area contributed by atoms with E-state index >= 15 is 0 Å². The lowest BCUT2D eigenvalue weighted by molar-refractivity contribution is -0.139. The Labute approximate surface area is 162 Å². The third-order valence-corrected chi connectivity index (χ3v) is 3.80. The molecule has 0 heterocycles. The summed E-state index contributed by atoms with van der Waals surface area (Å²) < 4.78 is 10.5. The third kappa shape index (κ3) is 6.01. The number of carbonyl (C=O) groups is 3. The summed E-state index contributed by atoms with van der Waals surface area (Å²) in [6, 6.07) is 10.3. The minimum absolute atomic E-state index is 0.218. The monoisotopic (exact) mass is 386 g/mol. The van der Waals surface area contributed by atoms with E-state index < -0.39 is 18.5 Å². The van der Waals surface area contributed by atoms with Crippen molar-refractivity contribution in [1.82, 2.24) is 5.32 Å². The van der Waals surface area contributed by atoms with Gasteiger partial charge in [-0.2, -0.15) is 0 Å². The number of aliphatic carboxylic acids is 1. The Kier molecular flexibility index (Phi) is 6.97. The number of nitrogens with two attached hydrogens (primary N) is 1. The molecule has 2 aromatic carbocycles. The van der Waals surface area contributed by atoms with Crippen LogP contribution in [0.4, 0.5) is 0 Å². The van der Waals surface area contributed by atoms with E-state index in [1.165, 1.54) is 0 Å². The fourth-order valence-electron chi connectivity index (χ4n) is 2.63. The number of benzene rings is 2. The second kappa shape index (κ2) is 9.40. The third-order valence-electron chi connectivity index (χ3n) is 3.80. The Morgan fingerprint density at radius 2 is 1.71 bits per heavy atom. The molecule has 0 aromatic heterocycles. The molecule has 0 unspecified atom stereocenters. The van der Waals surface area contributed by atoms with Crippen LogP contribution in [-0.2, 0) is 16.1 Å². The van der Waals surface area contributed by atoms with Crippen LogP contribution in [0.2, 0.25) is 0 Å². The van der Waals surface area contributed by atoms with Crippen LogP contribution >= 0.6 is 0 Å². The van der Waals surface area contributed by atoms with E-state index in [9.17, 15) is 14.4 Å². The van der Waals surface area contributed by atoms with Crippen molar-refractivity contribution in [1.29, 1.82) is 0 Å². The van der Waals surface area contributed by atoms with Crippen LogP contribution < -0.4 is 20.5 Å². The van der Waals surface area contributed by atoms with Crippen LogP contribution in [0.15, 0.2) is 36.4 Å². The van der Waals surface area contributed by atoms with Gasteiger partial charge in [0.15, 0.2) is 13.2 Å². The summed E-state index contributed by atoms with van der Waals surface area (Å²) in [5, 5.41) is 11.5. The number of rotatable bonds is 9. The Morgan fingerprint density at radius 1 is 1.04 bits per heavy atom. The van der Waals surface area contributed by atoms with Crippen molar-refractivity contribution in [3.63, 3.8) is 0 Å². The second-order valence-corrected chi connectivity index (χ2v) is 6.21. The highest BCUT2D eigenvalue weighted by Crippen LogP contribution is 2.25. The molecule has 2 rings (SSSR count). The second-order valence-electron chi connectivity index (χ2n) is 6.21. The lowest BCUT2D eigenvalue weighted by Gasteiger charge is -2.13. The maximum atomic E-state index is 12.5. The quantitative estimate of drug-likeness (QED) is 0.600. The molecule has 0 aliphatic heterocycles. The minimum atomic E-state index is -1.07. The molecular weight excluding hydrogens is 364 g/mol. The predicted molar refractivity (Wildman–Crippen MR) is 101 cm³/mol. The van der Waals surface area contributed by atoms with Crippen LogP contribution in [0.5, 0.6) is 11.5 Å². The van der Waals surface area contributed by atoms with Gasteiger partial charge in [-0.3, -0.25) is 9.59 Å². The van der Waals surface area contributed by atoms with Gasteiger partial charge >= 0.3 is 5.97 Å². The molecule has 8 heteroatoms. The zero-order valence-electron chi connectivity index (χ0n) is 15.7. The smallest absolute Gasteiger partial charge is 0.341 e. The number of primary amides is 1. The van der Waals surface area contributed by atoms with Crippen molar-refractivity contribution in [2.75, 3.05) is 13.2 Å². The van der Waals surface area contributed by atoms with Gasteiger partial charge in [0.2, 0.25) is 0 Å². The number of amides is 2. The first kappa shape index (κ1) is 20.8. The van der Waals surface area contributed by atoms with E-state index in [1.807, 2.05) is 6.07 Å². The van der Waals surface area contributed by atoms with Gasteiger partial charge in [-0.25, -0.2) is 4.79 Å². The fourth-order valence-corrected chi connectivity index (χ4v) is 2.63. The minimum Gasteiger partial charge on any atom is -0.484 e. The predicted octanol–water partition coefficient (Wildman–Crippen LogP) is 1.56. The van der Waals surface area contributed by atoms with E-state index in [0.29, 0.717) is 28.2 Å². The van der Waals surface area contributed by atoms with E-state index in [-0.39, 0.29) is 19.1 Å². The highest BCUT2D eigenvalue weighted by molar-refractivity contribution is 5.94. The van der Waals surface area contributed by atoms with Crippen molar-refractivity contribution in [2.24, 2.45) is 5.73 Å². The molecule has 0 bridgehead atoms. The van der Waals surface area contributed by atoms with Gasteiger partial charge in [0.25, 0.3) is 11.8 Å². The van der Waals surface area contributed by atoms with Gasteiger partial charge in [0.1, 0.15) is 11.5 Å². The number of ether oxygens (including phenoxy) is 2. The number of carboxylic acids is 1. The molecule has 8 nitrogen and oxygen atoms in total. The Morgan fingerprint density at radius 3 is 2.32 bits per heavy atom. The summed E-state index contributed by atoms with van der Waals surface area (Å²) in [5.74, 6) is -0.974. The van der Waals surface area contributed by atoms with Gasteiger partial charge in [-0.15, -0.1) is 0 Å². The number of aryl methyl sites for hydroxylation is 2. The van der Waals surface area contributed by atoms with E-state index in [0.717, 1.165) is 5.56 Å². The lowest BCUT2D eigenvalue weighted by Crippen LogP contribution is -2.23. The summed E-state index contributed by atoms with van der Waals surface area (Å²) in [6.45, 7) is 3.11. The van der Waals surface area contributed by atoms with Crippen molar-refractivity contribution in [2.45, 2.75) is 20.4 Å². The first-order valence-electron chi connectivity index (χ1n) is 8.50. The van der Waals surface area contributed by atoms with Crippen LogP contribution in [0.25, 0.3) is 0 Å². The van der Waals surface area contributed by atoms with Gasteiger partial charge in [-0.1, -0.05) is 12.1 Å². The standard InChI is InChI=1S/C20H22N2O6/c1-12-6-15(7-13(2)19(12)28-11-18(24)25)20(26)22-9-14-4-3-5-16(8-14)27-10-17(21)23/h3-8H,9-11H2,1-2H3,(H2,21,23)(H,22,26)(H,24,25). The molecule has 0 atom stereocenters. The SMILES string of the molecule is Cc1cc(C(=O)NCc2cccc(OCC(N)=O)c2)cc(C)c1OCC(=O)O. The zero-order chi connectivity index (χ0) is 20.7. The van der Waals surface area contributed by atoms with Crippen LogP contribution in [0.1, 0.15) is 27.0 Å². The maximum absolute atomic E-state index is 12.5. The average molecular weight is 386 g/mol. The van der Waals surface area contributed by atoms with Gasteiger partial charge < -0.3 is 25.6 Å². The van der Waals surface area contributed by atoms with Gasteiger partial charge in [0, 0.05) is 12.1 Å². The normalized spacial score (nSPS) is 10.2. The van der Waals surface area contributed by atoms with Crippen LogP contribution in [-0.4, -0.2) is 36.1 Å². The van der Waals surface area contributed by atoms with Gasteiger partial charge in [0.05, 0.1) is 0 Å². The zero-order valence-corrected chi connectivity index (χ0v) is 15.7. The molecule has 0 saturated carbocycles. The summed E-state index contributed by atoms with van der Waals surface area (Å²) in [6.07, 6.45) is 0. The highest BCUT2D eigenvalue weighted by Gasteiger charge is 2.13. The molecule has 2 amide bonds. The molecular formula is C20H22N2O6. The summed E-state index contributed by atoms with van der Waals surface area (Å²) >= 11 is 0. The van der Waals surface area contributed by atoms with Crippen molar-refractivity contribution < 1.29 is 29.0 Å². The lowest BCUT2D eigenvalue weighted by atomic mass is 10.0. The van der Waals surface area contributed by atoms with Crippen molar-refractivity contribution in [3.05, 3.63) is 58.7 Å². The number of hydrogen-bond acceptors (Lipinski definition) is 5. The molecule has 0 radical (unpaired) electrons. The topological polar surface area (TPSA) is 128 Å². The Balaban J connectivity index is 2.02. The number of hydrogen-bond donors (Lipinski definition) is 3. The molecule has 4 N–H and O–H groups in total. The molecule has 0 spiro atoms. The molecule has 0 aliphatic rings. The number of carbonyl (C=O) groups excluding carboxylic acids is 2. The first-order valence-corrected chi connectivity index (χ1v) is 8.50. The highest BCUT2D eigenvalue weighted by atomic mass is 16.5. The van der Waals surface area contributed by atoms with Crippen LogP contribution in [0, 0.1) is 13.8 Å². The molecule has 0 aliphatic carbocycles. The van der Waals surface area contributed by atoms with Crippen molar-refractivity contribution >= 4 is 17.8 Å². The first-order chi connectivity index (χ1) is 13.3. The summed E-state index contributed by atoms with van der Waals surface area (Å²) in [4.78, 5) is 33.9. The Hall–Kier alpha value is -3.55. The Bertz CT molecular complexity index is 871. The molecule has 2 aromatic rings. The fraction of sp³-hybridized carbons (Fsp3) is 0.250. The average Bonchev–Trinajstić information content (AvgIpc) is 2.63. The van der Waals surface area contributed by atoms with Crippen molar-refractivity contribution in [3.8, 4) is 11.5 Å². The largest absolute Gasteiger partial charge is 0.484 e. The number of carboxylic acid groups (broad SMARTS) is 1. The molecule has 0 saturated heterocycles. The van der Waals surface area contributed by atoms with E-state index in [1.54, 1.807) is 44.2 Å². The van der Waals surface area contributed by atoms with E-state index in [2.05, 4.69) is 5.32 Å². The van der Waals surface area contributed by atoms with E-state index in [4.69, 9.17) is 20.3 Å². The van der Waals surface area contributed by atoms with Gasteiger partial charge in [-0.05, 0) is 54.8 Å².